The highest BCUT2D eigenvalue weighted by molar-refractivity contribution is 7.09. The van der Waals surface area contributed by atoms with Gasteiger partial charge in [0.25, 0.3) is 0 Å². The summed E-state index contributed by atoms with van der Waals surface area (Å²) >= 11 is 7.42. The van der Waals surface area contributed by atoms with Gasteiger partial charge in [0, 0.05) is 40.6 Å². The van der Waals surface area contributed by atoms with Gasteiger partial charge in [0.15, 0.2) is 0 Å². The van der Waals surface area contributed by atoms with E-state index in [2.05, 4.69) is 40.4 Å². The van der Waals surface area contributed by atoms with E-state index in [9.17, 15) is 4.79 Å². The molecule has 1 aliphatic heterocycles. The van der Waals surface area contributed by atoms with E-state index in [0.717, 1.165) is 42.4 Å². The van der Waals surface area contributed by atoms with Gasteiger partial charge in [-0.15, -0.1) is 11.3 Å². The van der Waals surface area contributed by atoms with E-state index in [1.165, 1.54) is 27.8 Å². The average molecular weight is 466 g/mol. The highest BCUT2D eigenvalue weighted by atomic mass is 35.5. The summed E-state index contributed by atoms with van der Waals surface area (Å²) in [6.07, 6.45) is 4.46. The van der Waals surface area contributed by atoms with Crippen molar-refractivity contribution < 1.29 is 9.53 Å². The Morgan fingerprint density at radius 1 is 1.16 bits per heavy atom. The number of likely N-dealkylation sites (tertiary alicyclic amines) is 1. The van der Waals surface area contributed by atoms with Gasteiger partial charge in [0.2, 0.25) is 5.91 Å². The maximum absolute atomic E-state index is 12.8. The first kappa shape index (κ1) is 21.0. The Hall–Kier alpha value is -2.83. The molecule has 1 saturated heterocycles. The summed E-state index contributed by atoms with van der Waals surface area (Å²) in [6.45, 7) is 1.97. The lowest BCUT2D eigenvalue weighted by molar-refractivity contribution is -0.131. The smallest absolute Gasteiger partial charge is 0.228 e. The molecule has 0 spiro atoms. The normalized spacial score (nSPS) is 14.7. The fourth-order valence-corrected chi connectivity index (χ4v) is 5.14. The number of rotatable bonds is 6. The van der Waals surface area contributed by atoms with Crippen molar-refractivity contribution in [2.24, 2.45) is 0 Å². The van der Waals surface area contributed by atoms with Crippen molar-refractivity contribution >= 4 is 39.7 Å². The molecule has 7 heteroatoms. The molecule has 0 unspecified atom stereocenters. The van der Waals surface area contributed by atoms with Gasteiger partial charge in [0.05, 0.1) is 12.1 Å². The molecule has 5 nitrogen and oxygen atoms in total. The fourth-order valence-electron chi connectivity index (χ4n) is 4.31. The summed E-state index contributed by atoms with van der Waals surface area (Å²) in [5, 5.41) is 4.80. The van der Waals surface area contributed by atoms with Crippen molar-refractivity contribution in [2.75, 3.05) is 13.1 Å². The van der Waals surface area contributed by atoms with Crippen LogP contribution in [-0.2, 0) is 17.8 Å². The minimum atomic E-state index is 0.151. The Balaban J connectivity index is 1.13. The maximum Gasteiger partial charge on any atom is 0.228 e. The number of halogens is 1. The highest BCUT2D eigenvalue weighted by Gasteiger charge is 2.25. The number of ether oxygens (including phenoxy) is 1. The number of carbonyl (C=O) groups excluding carboxylic acids is 1. The number of H-pyrrole nitrogens is 1. The molecule has 1 aliphatic rings. The Labute approximate surface area is 196 Å². The van der Waals surface area contributed by atoms with Gasteiger partial charge in [-0.1, -0.05) is 29.8 Å². The van der Waals surface area contributed by atoms with E-state index < -0.39 is 0 Å². The molecule has 0 aliphatic carbocycles. The molecular weight excluding hydrogens is 442 g/mol. The van der Waals surface area contributed by atoms with Gasteiger partial charge in [-0.2, -0.15) is 0 Å². The van der Waals surface area contributed by atoms with Crippen LogP contribution in [0, 0.1) is 0 Å². The molecule has 0 atom stereocenters. The van der Waals surface area contributed by atoms with Crippen LogP contribution in [0.5, 0.6) is 5.75 Å². The Morgan fingerprint density at radius 3 is 2.75 bits per heavy atom. The SMILES string of the molecule is O=C(Cc1csc(COc2ccc(Cl)cc2)n1)N1CCC(c2c[nH]c3ccccc23)CC1. The van der Waals surface area contributed by atoms with Crippen LogP contribution in [0.4, 0.5) is 0 Å². The molecule has 2 aromatic carbocycles. The second-order valence-electron chi connectivity index (χ2n) is 8.10. The van der Waals surface area contributed by atoms with E-state index in [1.54, 1.807) is 12.1 Å². The van der Waals surface area contributed by atoms with E-state index in [0.29, 0.717) is 24.0 Å². The summed E-state index contributed by atoms with van der Waals surface area (Å²) in [6, 6.07) is 15.7. The van der Waals surface area contributed by atoms with Crippen LogP contribution in [0.15, 0.2) is 60.1 Å². The minimum absolute atomic E-state index is 0.151. The topological polar surface area (TPSA) is 58.2 Å². The Morgan fingerprint density at radius 2 is 1.94 bits per heavy atom. The number of para-hydroxylation sites is 1. The lowest BCUT2D eigenvalue weighted by Gasteiger charge is -2.32. The maximum atomic E-state index is 12.8. The summed E-state index contributed by atoms with van der Waals surface area (Å²) in [5.41, 5.74) is 3.37. The number of nitrogens with one attached hydrogen (secondary N) is 1. The van der Waals surface area contributed by atoms with Gasteiger partial charge >= 0.3 is 0 Å². The first-order valence-corrected chi connectivity index (χ1v) is 12.1. The van der Waals surface area contributed by atoms with Gasteiger partial charge < -0.3 is 14.6 Å². The molecule has 1 amide bonds. The van der Waals surface area contributed by atoms with Gasteiger partial charge in [-0.3, -0.25) is 4.79 Å². The number of nitrogens with zero attached hydrogens (tertiary/aromatic N) is 2. The van der Waals surface area contributed by atoms with Crippen LogP contribution in [0.1, 0.15) is 35.0 Å². The highest BCUT2D eigenvalue weighted by Crippen LogP contribution is 2.33. The van der Waals surface area contributed by atoms with Crippen molar-refractivity contribution in [1.82, 2.24) is 14.9 Å². The van der Waals surface area contributed by atoms with Crippen LogP contribution in [0.3, 0.4) is 0 Å². The number of carbonyl (C=O) groups is 1. The Bertz CT molecular complexity index is 1210. The molecule has 0 radical (unpaired) electrons. The number of hydrogen-bond donors (Lipinski definition) is 1. The lowest BCUT2D eigenvalue weighted by atomic mass is 9.89. The molecule has 5 rings (SSSR count). The fraction of sp³-hybridized carbons (Fsp3) is 0.280. The molecule has 3 heterocycles. The number of aromatic amines is 1. The van der Waals surface area contributed by atoms with Crippen LogP contribution in [-0.4, -0.2) is 33.9 Å². The lowest BCUT2D eigenvalue weighted by Crippen LogP contribution is -2.38. The monoisotopic (exact) mass is 465 g/mol. The summed E-state index contributed by atoms with van der Waals surface area (Å²) < 4.78 is 5.75. The molecule has 2 aromatic heterocycles. The van der Waals surface area contributed by atoms with E-state index in [-0.39, 0.29) is 5.91 Å². The second kappa shape index (κ2) is 9.35. The molecule has 1 N–H and O–H groups in total. The van der Waals surface area contributed by atoms with Crippen LogP contribution in [0.25, 0.3) is 10.9 Å². The number of thiazole rings is 1. The van der Waals surface area contributed by atoms with Crippen LogP contribution < -0.4 is 4.74 Å². The number of aromatic nitrogens is 2. The molecule has 164 valence electrons. The zero-order chi connectivity index (χ0) is 21.9. The van der Waals surface area contributed by atoms with E-state index in [4.69, 9.17) is 16.3 Å². The molecule has 32 heavy (non-hydrogen) atoms. The quantitative estimate of drug-likeness (QED) is 0.391. The van der Waals surface area contributed by atoms with Crippen molar-refractivity contribution in [1.29, 1.82) is 0 Å². The average Bonchev–Trinajstić information content (AvgIpc) is 3.46. The van der Waals surface area contributed by atoms with Crippen LogP contribution >= 0.6 is 22.9 Å². The van der Waals surface area contributed by atoms with Crippen molar-refractivity contribution in [2.45, 2.75) is 31.8 Å². The zero-order valence-corrected chi connectivity index (χ0v) is 19.2. The minimum Gasteiger partial charge on any atom is -0.486 e. The molecule has 4 aromatic rings. The predicted molar refractivity (Wildman–Crippen MR) is 128 cm³/mol. The molecule has 0 bridgehead atoms. The standard InChI is InChI=1S/C25H24ClN3O2S/c26-18-5-7-20(8-6-18)31-15-24-28-19(16-32-24)13-25(30)29-11-9-17(10-12-29)22-14-27-23-4-2-1-3-21(22)23/h1-8,14,16-17,27H,9-13,15H2. The number of benzene rings is 2. The number of amides is 1. The summed E-state index contributed by atoms with van der Waals surface area (Å²) in [4.78, 5) is 22.8. The third kappa shape index (κ3) is 4.66. The van der Waals surface area contributed by atoms with E-state index >= 15 is 0 Å². The van der Waals surface area contributed by atoms with Crippen molar-refractivity contribution in [3.8, 4) is 5.75 Å². The molecule has 0 saturated carbocycles. The zero-order valence-electron chi connectivity index (χ0n) is 17.6. The third-order valence-corrected chi connectivity index (χ3v) is 7.14. The first-order valence-electron chi connectivity index (χ1n) is 10.8. The number of piperidine rings is 1. The summed E-state index contributed by atoms with van der Waals surface area (Å²) in [7, 11) is 0. The second-order valence-corrected chi connectivity index (χ2v) is 9.48. The third-order valence-electron chi connectivity index (χ3n) is 6.02. The van der Waals surface area contributed by atoms with Gasteiger partial charge in [-0.25, -0.2) is 4.98 Å². The summed E-state index contributed by atoms with van der Waals surface area (Å²) in [5.74, 6) is 1.39. The largest absolute Gasteiger partial charge is 0.486 e. The number of hydrogen-bond acceptors (Lipinski definition) is 4. The molecular formula is C25H24ClN3O2S. The van der Waals surface area contributed by atoms with E-state index in [1.807, 2.05) is 22.4 Å². The van der Waals surface area contributed by atoms with Crippen LogP contribution in [0.2, 0.25) is 5.02 Å². The molecule has 1 fully saturated rings. The van der Waals surface area contributed by atoms with Crippen molar-refractivity contribution in [3.05, 3.63) is 81.4 Å². The first-order chi connectivity index (χ1) is 15.7. The van der Waals surface area contributed by atoms with Gasteiger partial charge in [0.1, 0.15) is 17.4 Å². The van der Waals surface area contributed by atoms with Gasteiger partial charge in [-0.05, 0) is 54.7 Å². The Kier molecular flexibility index (Phi) is 6.14. The van der Waals surface area contributed by atoms with Crippen molar-refractivity contribution in [3.63, 3.8) is 0 Å². The number of fused-ring (bicyclic) bond motifs is 1. The predicted octanol–water partition coefficient (Wildman–Crippen LogP) is 5.81.